The first-order chi connectivity index (χ1) is 8.42. The molecule has 10 N–H and O–H groups in total. The molecule has 9 nitrogen and oxygen atoms in total. The minimum absolute atomic E-state index is 0.558. The predicted octanol–water partition coefficient (Wildman–Crippen LogP) is 0.707. The van der Waals surface area contributed by atoms with E-state index in [2.05, 4.69) is 4.52 Å². The fourth-order valence-corrected chi connectivity index (χ4v) is 6.80. The van der Waals surface area contributed by atoms with Gasteiger partial charge in [0.1, 0.15) is 5.75 Å². The maximum Gasteiger partial charge on any atom is 0.203 e. The average molecular weight is 308 g/mol. The van der Waals surface area contributed by atoms with E-state index in [4.69, 9.17) is 32.7 Å². The zero-order valence-electron chi connectivity index (χ0n) is 9.37. The third-order valence-electron chi connectivity index (χ3n) is 2.03. The molecule has 0 fully saturated rings. The van der Waals surface area contributed by atoms with Crippen molar-refractivity contribution in [2.45, 2.75) is 0 Å². The Balaban J connectivity index is 2.28. The van der Waals surface area contributed by atoms with E-state index in [1.54, 1.807) is 12.1 Å². The van der Waals surface area contributed by atoms with Crippen LogP contribution in [0.15, 0.2) is 34.8 Å². The standard InChI is InChI=1S/C6H15N8OP3/c7-13-16(8)12-18(10,11)14(17(13)9)15-6-4-2-1-3-5-6/h1-5H,7-11H2. The van der Waals surface area contributed by atoms with Gasteiger partial charge >= 0.3 is 0 Å². The highest BCUT2D eigenvalue weighted by molar-refractivity contribution is 7.81. The van der Waals surface area contributed by atoms with Crippen molar-refractivity contribution in [3.63, 3.8) is 0 Å². The molecule has 1 aliphatic heterocycles. The van der Waals surface area contributed by atoms with Crippen molar-refractivity contribution in [1.29, 1.82) is 0 Å². The lowest BCUT2D eigenvalue weighted by Crippen LogP contribution is -2.41. The second-order valence-corrected chi connectivity index (χ2v) is 9.03. The van der Waals surface area contributed by atoms with Gasteiger partial charge in [0.15, 0.2) is 16.7 Å². The molecule has 0 aliphatic carbocycles. The Morgan fingerprint density at radius 3 is 2.39 bits per heavy atom. The monoisotopic (exact) mass is 308 g/mol. The number of benzene rings is 1. The maximum atomic E-state index is 5.95. The van der Waals surface area contributed by atoms with Gasteiger partial charge in [-0.15, -0.1) is 4.55 Å². The van der Waals surface area contributed by atoms with Crippen LogP contribution >= 0.6 is 24.3 Å². The molecule has 0 bridgehead atoms. The molecular formula is C6H15N8OP3. The van der Waals surface area contributed by atoms with E-state index in [9.17, 15) is 0 Å². The normalized spacial score (nSPS) is 28.7. The zero-order chi connectivity index (χ0) is 13.3. The molecule has 0 radical (unpaired) electrons. The highest BCUT2D eigenvalue weighted by atomic mass is 31.3. The summed E-state index contributed by atoms with van der Waals surface area (Å²) in [5.41, 5.74) is 23.5. The Hall–Kier alpha value is -0.170. The second kappa shape index (κ2) is 5.45. The topological polar surface area (TPSA) is 158 Å². The van der Waals surface area contributed by atoms with Crippen LogP contribution in [0.1, 0.15) is 0 Å². The fraction of sp³-hybridized carbons (Fsp3) is 0. The maximum absolute atomic E-state index is 5.95. The molecule has 0 saturated carbocycles. The van der Waals surface area contributed by atoms with E-state index in [0.29, 0.717) is 5.75 Å². The fourth-order valence-electron chi connectivity index (χ4n) is 1.22. The molecule has 1 heterocycles. The number of nitrogens with zero attached hydrogens (tertiary/aromatic N) is 3. The SMILES string of the molecule is NN1P(N)N=P(N)(N)N(Oc2ccccc2)P1N. The van der Waals surface area contributed by atoms with Crippen molar-refractivity contribution in [2.75, 3.05) is 0 Å². The van der Waals surface area contributed by atoms with Crippen LogP contribution in [-0.4, -0.2) is 9.15 Å². The summed E-state index contributed by atoms with van der Waals surface area (Å²) < 4.78 is 6.58. The Kier molecular flexibility index (Phi) is 4.31. The molecule has 2 unspecified atom stereocenters. The summed E-state index contributed by atoms with van der Waals surface area (Å²) >= 11 is 0. The van der Waals surface area contributed by atoms with Gasteiger partial charge in [0, 0.05) is 0 Å². The number of hydrogen-bond acceptors (Lipinski definition) is 9. The highest BCUT2D eigenvalue weighted by Crippen LogP contribution is 2.65. The lowest BCUT2D eigenvalue weighted by Gasteiger charge is -2.41. The largest absolute Gasteiger partial charge is 0.392 e. The summed E-state index contributed by atoms with van der Waals surface area (Å²) in [7, 11) is -5.84. The predicted molar refractivity (Wildman–Crippen MR) is 74.9 cm³/mol. The minimum Gasteiger partial charge on any atom is -0.392 e. The number of para-hydroxylation sites is 1. The van der Waals surface area contributed by atoms with Gasteiger partial charge in [-0.2, -0.15) is 0 Å². The number of hydrazine groups is 1. The molecule has 1 aromatic carbocycles. The summed E-state index contributed by atoms with van der Waals surface area (Å²) in [6.07, 6.45) is 0. The summed E-state index contributed by atoms with van der Waals surface area (Å²) in [6.45, 7) is 0. The number of rotatable bonds is 2. The lowest BCUT2D eigenvalue weighted by atomic mass is 10.3. The first kappa shape index (κ1) is 14.2. The van der Waals surface area contributed by atoms with Crippen LogP contribution in [0.3, 0.4) is 0 Å². The van der Waals surface area contributed by atoms with Gasteiger partial charge in [0.25, 0.3) is 0 Å². The van der Waals surface area contributed by atoms with E-state index in [1.165, 1.54) is 9.15 Å². The quantitative estimate of drug-likeness (QED) is 0.394. The molecule has 0 aromatic heterocycles. The zero-order valence-corrected chi connectivity index (χ0v) is 12.0. The lowest BCUT2D eigenvalue weighted by molar-refractivity contribution is 0.132. The van der Waals surface area contributed by atoms with Crippen LogP contribution in [0.4, 0.5) is 0 Å². The Morgan fingerprint density at radius 1 is 1.17 bits per heavy atom. The molecule has 0 saturated heterocycles. The average Bonchev–Trinajstić information content (AvgIpc) is 2.33. The van der Waals surface area contributed by atoms with Gasteiger partial charge in [-0.25, -0.2) is 4.52 Å². The van der Waals surface area contributed by atoms with Crippen molar-refractivity contribution in [2.24, 2.45) is 32.4 Å². The minimum atomic E-state index is -2.84. The van der Waals surface area contributed by atoms with E-state index < -0.39 is 24.3 Å². The van der Waals surface area contributed by atoms with Crippen LogP contribution < -0.4 is 32.7 Å². The molecule has 18 heavy (non-hydrogen) atoms. The van der Waals surface area contributed by atoms with Crippen molar-refractivity contribution >= 4 is 24.3 Å². The van der Waals surface area contributed by atoms with Crippen LogP contribution in [0.2, 0.25) is 0 Å². The second-order valence-electron chi connectivity index (χ2n) is 3.41. The molecule has 1 aromatic rings. The molecule has 12 heteroatoms. The Bertz CT molecular complexity index is 465. The van der Waals surface area contributed by atoms with Gasteiger partial charge in [0.2, 0.25) is 7.51 Å². The molecule has 2 atom stereocenters. The van der Waals surface area contributed by atoms with Gasteiger partial charge in [-0.1, -0.05) is 18.2 Å². The Labute approximate surface area is 107 Å². The number of hydrogen-bond donors (Lipinski definition) is 5. The van der Waals surface area contributed by atoms with E-state index in [-0.39, 0.29) is 0 Å². The van der Waals surface area contributed by atoms with Crippen molar-refractivity contribution in [1.82, 2.24) is 9.15 Å². The van der Waals surface area contributed by atoms with Gasteiger partial charge in [-0.05, 0) is 16.7 Å². The van der Waals surface area contributed by atoms with E-state index in [1.807, 2.05) is 18.2 Å². The third kappa shape index (κ3) is 2.87. The Morgan fingerprint density at radius 2 is 1.78 bits per heavy atom. The summed E-state index contributed by atoms with van der Waals surface area (Å²) in [5, 5.41) is 0. The van der Waals surface area contributed by atoms with Crippen LogP contribution in [0.25, 0.3) is 0 Å². The van der Waals surface area contributed by atoms with E-state index in [0.717, 1.165) is 0 Å². The first-order valence-corrected chi connectivity index (χ1v) is 9.25. The highest BCUT2D eigenvalue weighted by Gasteiger charge is 2.40. The first-order valence-electron chi connectivity index (χ1n) is 4.79. The summed E-state index contributed by atoms with van der Waals surface area (Å²) in [6, 6.07) is 9.00. The van der Waals surface area contributed by atoms with Crippen LogP contribution in [0, 0.1) is 0 Å². The van der Waals surface area contributed by atoms with Crippen LogP contribution in [0.5, 0.6) is 5.75 Å². The third-order valence-corrected chi connectivity index (χ3v) is 8.32. The van der Waals surface area contributed by atoms with E-state index >= 15 is 0 Å². The molecule has 2 rings (SSSR count). The van der Waals surface area contributed by atoms with Gasteiger partial charge in [0.05, 0.1) is 0 Å². The molecule has 0 amide bonds. The number of nitrogens with two attached hydrogens (primary N) is 5. The van der Waals surface area contributed by atoms with Crippen LogP contribution in [-0.2, 0) is 0 Å². The molecule has 0 spiro atoms. The summed E-state index contributed by atoms with van der Waals surface area (Å²) in [4.78, 5) is 5.58. The summed E-state index contributed by atoms with van der Waals surface area (Å²) in [5.74, 6) is 6.28. The van der Waals surface area contributed by atoms with Crippen molar-refractivity contribution in [3.8, 4) is 5.75 Å². The van der Waals surface area contributed by atoms with Gasteiger partial charge in [-0.3, -0.25) is 27.9 Å². The molecular weight excluding hydrogens is 293 g/mol. The molecule has 100 valence electrons. The van der Waals surface area contributed by atoms with Crippen molar-refractivity contribution < 1.29 is 4.84 Å². The smallest absolute Gasteiger partial charge is 0.203 e. The van der Waals surface area contributed by atoms with Crippen molar-refractivity contribution in [3.05, 3.63) is 30.3 Å². The van der Waals surface area contributed by atoms with Gasteiger partial charge < -0.3 is 4.84 Å². The molecule has 1 aliphatic rings.